The number of hydrogen-bond acceptors (Lipinski definition) is 5. The minimum atomic E-state index is -0.322. The molecule has 5 nitrogen and oxygen atoms in total. The maximum absolute atomic E-state index is 6.56. The smallest absolute Gasteiger partial charge is 0.161 e. The van der Waals surface area contributed by atoms with Crippen molar-refractivity contribution < 1.29 is 18.9 Å². The fourth-order valence-corrected chi connectivity index (χ4v) is 4.27. The van der Waals surface area contributed by atoms with Gasteiger partial charge >= 0.3 is 0 Å². The first-order valence-electron chi connectivity index (χ1n) is 10.7. The number of ether oxygens (including phenoxy) is 4. The molecule has 1 aliphatic heterocycles. The molecule has 0 saturated carbocycles. The minimum Gasteiger partial charge on any atom is -0.496 e. The SMILES string of the molecule is COc1ccc(C2Oc3cccc(OC)c3-c3ccc(Nc4ccccc4)cc32)cc1OC. The Balaban J connectivity index is 1.65. The van der Waals surface area contributed by atoms with Crippen LogP contribution in [-0.2, 0) is 0 Å². The monoisotopic (exact) mass is 439 g/mol. The quantitative estimate of drug-likeness (QED) is 0.367. The van der Waals surface area contributed by atoms with Crippen molar-refractivity contribution in [2.24, 2.45) is 0 Å². The molecule has 1 heterocycles. The molecule has 5 heteroatoms. The molecular formula is C28H25NO4. The number of para-hydroxylation sites is 1. The summed E-state index contributed by atoms with van der Waals surface area (Å²) < 4.78 is 23.2. The van der Waals surface area contributed by atoms with E-state index in [-0.39, 0.29) is 6.10 Å². The molecule has 0 fully saturated rings. The van der Waals surface area contributed by atoms with Gasteiger partial charge in [-0.3, -0.25) is 0 Å². The van der Waals surface area contributed by atoms with Gasteiger partial charge in [0.25, 0.3) is 0 Å². The van der Waals surface area contributed by atoms with Crippen molar-refractivity contribution in [1.29, 1.82) is 0 Å². The van der Waals surface area contributed by atoms with E-state index >= 15 is 0 Å². The summed E-state index contributed by atoms with van der Waals surface area (Å²) >= 11 is 0. The van der Waals surface area contributed by atoms with Gasteiger partial charge < -0.3 is 24.3 Å². The van der Waals surface area contributed by atoms with Crippen LogP contribution in [0.1, 0.15) is 17.2 Å². The highest BCUT2D eigenvalue weighted by Gasteiger charge is 2.30. The highest BCUT2D eigenvalue weighted by atomic mass is 16.5. The lowest BCUT2D eigenvalue weighted by Crippen LogP contribution is -2.16. The first-order chi connectivity index (χ1) is 16.2. The second kappa shape index (κ2) is 8.79. The molecular weight excluding hydrogens is 414 g/mol. The molecule has 0 spiro atoms. The molecule has 0 aromatic heterocycles. The molecule has 4 aromatic rings. The minimum absolute atomic E-state index is 0.322. The largest absolute Gasteiger partial charge is 0.496 e. The number of rotatable bonds is 6. The molecule has 0 radical (unpaired) electrons. The molecule has 0 bridgehead atoms. The Bertz CT molecular complexity index is 1290. The van der Waals surface area contributed by atoms with Gasteiger partial charge in [0, 0.05) is 22.5 Å². The summed E-state index contributed by atoms with van der Waals surface area (Å²) in [4.78, 5) is 0. The van der Waals surface area contributed by atoms with Gasteiger partial charge in [0.05, 0.1) is 26.9 Å². The lowest BCUT2D eigenvalue weighted by Gasteiger charge is -2.31. The standard InChI is InChI=1S/C28H25NO4/c1-30-23-15-12-18(16-26(23)32-3)28-22-17-20(29-19-8-5-4-6-9-19)13-14-21(22)27-24(31-2)10-7-11-25(27)33-28/h4-17,28-29H,1-3H3. The Morgan fingerprint density at radius 3 is 2.21 bits per heavy atom. The fourth-order valence-electron chi connectivity index (χ4n) is 4.27. The summed E-state index contributed by atoms with van der Waals surface area (Å²) in [5.41, 5.74) is 6.05. The van der Waals surface area contributed by atoms with E-state index in [0.29, 0.717) is 11.5 Å². The first-order valence-corrected chi connectivity index (χ1v) is 10.7. The lowest BCUT2D eigenvalue weighted by molar-refractivity contribution is 0.241. The second-order valence-corrected chi connectivity index (χ2v) is 7.74. The van der Waals surface area contributed by atoms with Crippen molar-refractivity contribution >= 4 is 11.4 Å². The predicted octanol–water partition coefficient (Wildman–Crippen LogP) is 6.60. The van der Waals surface area contributed by atoms with Crippen LogP contribution in [0.5, 0.6) is 23.0 Å². The Morgan fingerprint density at radius 2 is 1.45 bits per heavy atom. The van der Waals surface area contributed by atoms with Crippen LogP contribution in [0.3, 0.4) is 0 Å². The zero-order valence-electron chi connectivity index (χ0n) is 18.8. The van der Waals surface area contributed by atoms with Gasteiger partial charge in [-0.15, -0.1) is 0 Å². The number of fused-ring (bicyclic) bond motifs is 3. The summed E-state index contributed by atoms with van der Waals surface area (Å²) in [7, 11) is 4.95. The number of nitrogens with one attached hydrogen (secondary N) is 1. The molecule has 1 aliphatic rings. The van der Waals surface area contributed by atoms with Crippen LogP contribution in [0.2, 0.25) is 0 Å². The summed E-state index contributed by atoms with van der Waals surface area (Å²) in [6.45, 7) is 0. The van der Waals surface area contributed by atoms with Gasteiger partial charge in [-0.05, 0) is 54.1 Å². The van der Waals surface area contributed by atoms with Crippen LogP contribution >= 0.6 is 0 Å². The van der Waals surface area contributed by atoms with Crippen molar-refractivity contribution in [1.82, 2.24) is 0 Å². The molecule has 166 valence electrons. The van der Waals surface area contributed by atoms with Crippen molar-refractivity contribution in [3.05, 3.63) is 96.1 Å². The third-order valence-electron chi connectivity index (χ3n) is 5.83. The van der Waals surface area contributed by atoms with Crippen molar-refractivity contribution in [3.63, 3.8) is 0 Å². The molecule has 5 rings (SSSR count). The van der Waals surface area contributed by atoms with E-state index < -0.39 is 0 Å². The van der Waals surface area contributed by atoms with E-state index in [4.69, 9.17) is 18.9 Å². The van der Waals surface area contributed by atoms with Gasteiger partial charge in [0.2, 0.25) is 0 Å². The number of benzene rings is 4. The van der Waals surface area contributed by atoms with Gasteiger partial charge in [0.1, 0.15) is 17.6 Å². The lowest BCUT2D eigenvalue weighted by atomic mass is 9.88. The molecule has 0 amide bonds. The third-order valence-corrected chi connectivity index (χ3v) is 5.83. The number of methoxy groups -OCH3 is 3. The normalized spacial score (nSPS) is 13.8. The Kier molecular flexibility index (Phi) is 5.53. The van der Waals surface area contributed by atoms with Crippen molar-refractivity contribution in [3.8, 4) is 34.1 Å². The Hall–Kier alpha value is -4.12. The van der Waals surface area contributed by atoms with Gasteiger partial charge in [0.15, 0.2) is 11.5 Å². The van der Waals surface area contributed by atoms with E-state index in [9.17, 15) is 0 Å². The second-order valence-electron chi connectivity index (χ2n) is 7.74. The van der Waals surface area contributed by atoms with Gasteiger partial charge in [-0.2, -0.15) is 0 Å². The topological polar surface area (TPSA) is 49.0 Å². The first kappa shape index (κ1) is 20.8. The molecule has 1 atom stereocenters. The molecule has 0 aliphatic carbocycles. The summed E-state index contributed by atoms with van der Waals surface area (Å²) in [5, 5.41) is 3.49. The van der Waals surface area contributed by atoms with Crippen molar-refractivity contribution in [2.45, 2.75) is 6.10 Å². The van der Waals surface area contributed by atoms with Crippen LogP contribution < -0.4 is 24.3 Å². The summed E-state index contributed by atoms with van der Waals surface area (Å²) in [6.07, 6.45) is -0.322. The van der Waals surface area contributed by atoms with Crippen LogP contribution in [0.15, 0.2) is 84.9 Å². The number of hydrogen-bond donors (Lipinski definition) is 1. The molecule has 0 saturated heterocycles. The third kappa shape index (κ3) is 3.82. The highest BCUT2D eigenvalue weighted by Crippen LogP contribution is 2.50. The van der Waals surface area contributed by atoms with Gasteiger partial charge in [-0.1, -0.05) is 36.4 Å². The Labute approximate surface area is 193 Å². The van der Waals surface area contributed by atoms with Crippen LogP contribution in [0.4, 0.5) is 11.4 Å². The molecule has 1 N–H and O–H groups in total. The van der Waals surface area contributed by atoms with E-state index in [0.717, 1.165) is 45.1 Å². The average Bonchev–Trinajstić information content (AvgIpc) is 2.87. The summed E-state index contributed by atoms with van der Waals surface area (Å²) in [6, 6.07) is 28.2. The molecule has 1 unspecified atom stereocenters. The zero-order valence-corrected chi connectivity index (χ0v) is 18.8. The Morgan fingerprint density at radius 1 is 0.667 bits per heavy atom. The van der Waals surface area contributed by atoms with Crippen molar-refractivity contribution in [2.75, 3.05) is 26.6 Å². The van der Waals surface area contributed by atoms with E-state index in [2.05, 4.69) is 23.5 Å². The average molecular weight is 440 g/mol. The van der Waals surface area contributed by atoms with E-state index in [1.165, 1.54) is 0 Å². The van der Waals surface area contributed by atoms with E-state index in [1.54, 1.807) is 21.3 Å². The van der Waals surface area contributed by atoms with Crippen LogP contribution in [0.25, 0.3) is 11.1 Å². The zero-order chi connectivity index (χ0) is 22.8. The van der Waals surface area contributed by atoms with Crippen LogP contribution in [-0.4, -0.2) is 21.3 Å². The summed E-state index contributed by atoms with van der Waals surface area (Å²) in [5.74, 6) is 2.91. The van der Waals surface area contributed by atoms with Gasteiger partial charge in [-0.25, -0.2) is 0 Å². The van der Waals surface area contributed by atoms with Crippen LogP contribution in [0, 0.1) is 0 Å². The van der Waals surface area contributed by atoms with E-state index in [1.807, 2.05) is 66.7 Å². The molecule has 33 heavy (non-hydrogen) atoms. The fraction of sp³-hybridized carbons (Fsp3) is 0.143. The molecule has 4 aromatic carbocycles. The predicted molar refractivity (Wildman–Crippen MR) is 130 cm³/mol. The highest BCUT2D eigenvalue weighted by molar-refractivity contribution is 5.83. The maximum atomic E-state index is 6.56. The maximum Gasteiger partial charge on any atom is 0.161 e. The number of anilines is 2.